The minimum absolute atomic E-state index is 0.178. The van der Waals surface area contributed by atoms with Crippen molar-refractivity contribution in [3.05, 3.63) is 24.4 Å². The van der Waals surface area contributed by atoms with Crippen LogP contribution in [0.2, 0.25) is 0 Å². The average Bonchev–Trinajstić information content (AvgIpc) is 2.72. The van der Waals surface area contributed by atoms with Gasteiger partial charge in [0.25, 0.3) is 0 Å². The van der Waals surface area contributed by atoms with Gasteiger partial charge in [-0.2, -0.15) is 5.10 Å². The summed E-state index contributed by atoms with van der Waals surface area (Å²) < 4.78 is 0. The van der Waals surface area contributed by atoms with Crippen molar-refractivity contribution in [3.8, 4) is 0 Å². The highest BCUT2D eigenvalue weighted by Crippen LogP contribution is 2.16. The molecule has 0 aliphatic carbocycles. The van der Waals surface area contributed by atoms with Gasteiger partial charge in [-0.25, -0.2) is 0 Å². The summed E-state index contributed by atoms with van der Waals surface area (Å²) in [6.45, 7) is 5.05. The summed E-state index contributed by atoms with van der Waals surface area (Å²) in [5.41, 5.74) is 8.10. The zero-order valence-corrected chi connectivity index (χ0v) is 9.70. The minimum Gasteiger partial charge on any atom is -0.383 e. The second-order valence-corrected chi connectivity index (χ2v) is 4.46. The summed E-state index contributed by atoms with van der Waals surface area (Å²) in [6, 6.07) is 6.32. The molecule has 0 aliphatic rings. The van der Waals surface area contributed by atoms with Gasteiger partial charge in [-0.3, -0.25) is 5.10 Å². The molecular weight excluding hydrogens is 200 g/mol. The van der Waals surface area contributed by atoms with E-state index in [1.54, 1.807) is 0 Å². The molecule has 0 bridgehead atoms. The third-order valence-corrected chi connectivity index (χ3v) is 2.84. The molecule has 86 valence electrons. The van der Waals surface area contributed by atoms with E-state index in [2.05, 4.69) is 35.4 Å². The first kappa shape index (κ1) is 11.0. The summed E-state index contributed by atoms with van der Waals surface area (Å²) in [5, 5.41) is 11.4. The van der Waals surface area contributed by atoms with E-state index in [1.807, 2.05) is 18.3 Å². The summed E-state index contributed by atoms with van der Waals surface area (Å²) in [4.78, 5) is 0. The Morgan fingerprint density at radius 1 is 1.44 bits per heavy atom. The Hall–Kier alpha value is -1.55. The van der Waals surface area contributed by atoms with E-state index < -0.39 is 0 Å². The van der Waals surface area contributed by atoms with Crippen LogP contribution in [-0.4, -0.2) is 22.8 Å². The Morgan fingerprint density at radius 3 is 3.00 bits per heavy atom. The molecular formula is C12H18N4. The lowest BCUT2D eigenvalue weighted by Crippen LogP contribution is -2.33. The lowest BCUT2D eigenvalue weighted by molar-refractivity contribution is 0.511. The molecule has 4 nitrogen and oxygen atoms in total. The first-order chi connectivity index (χ1) is 7.66. The number of nitrogens with two attached hydrogens (primary N) is 1. The van der Waals surface area contributed by atoms with Gasteiger partial charge in [0.05, 0.1) is 11.7 Å². The largest absolute Gasteiger partial charge is 0.383 e. The SMILES string of the molecule is CC(C)C(N)CNc1ccc2cn[nH]c2c1. The molecule has 1 atom stereocenters. The van der Waals surface area contributed by atoms with Gasteiger partial charge in [0.15, 0.2) is 0 Å². The predicted molar refractivity (Wildman–Crippen MR) is 67.4 cm³/mol. The maximum absolute atomic E-state index is 5.97. The van der Waals surface area contributed by atoms with Crippen LogP contribution < -0.4 is 11.1 Å². The van der Waals surface area contributed by atoms with Crippen molar-refractivity contribution < 1.29 is 0 Å². The van der Waals surface area contributed by atoms with Crippen molar-refractivity contribution in [2.45, 2.75) is 19.9 Å². The van der Waals surface area contributed by atoms with E-state index in [-0.39, 0.29) is 6.04 Å². The number of aromatic nitrogens is 2. The number of aromatic amines is 1. The highest BCUT2D eigenvalue weighted by atomic mass is 15.1. The van der Waals surface area contributed by atoms with Crippen LogP contribution in [0, 0.1) is 5.92 Å². The van der Waals surface area contributed by atoms with Crippen LogP contribution in [0.25, 0.3) is 10.9 Å². The Balaban J connectivity index is 2.04. The molecule has 1 aromatic heterocycles. The zero-order valence-electron chi connectivity index (χ0n) is 9.70. The van der Waals surface area contributed by atoms with Crippen LogP contribution in [0.3, 0.4) is 0 Å². The molecule has 4 heteroatoms. The molecule has 1 aromatic carbocycles. The average molecular weight is 218 g/mol. The van der Waals surface area contributed by atoms with Gasteiger partial charge < -0.3 is 11.1 Å². The molecule has 0 aliphatic heterocycles. The van der Waals surface area contributed by atoms with E-state index in [1.165, 1.54) is 0 Å². The summed E-state index contributed by atoms with van der Waals surface area (Å²) >= 11 is 0. The van der Waals surface area contributed by atoms with Gasteiger partial charge in [-0.15, -0.1) is 0 Å². The van der Waals surface area contributed by atoms with Crippen LogP contribution in [0.1, 0.15) is 13.8 Å². The second kappa shape index (κ2) is 4.53. The molecule has 0 saturated heterocycles. The van der Waals surface area contributed by atoms with Crippen molar-refractivity contribution in [2.24, 2.45) is 11.7 Å². The number of rotatable bonds is 4. The molecule has 2 rings (SSSR count). The van der Waals surface area contributed by atoms with Gasteiger partial charge in [0.2, 0.25) is 0 Å². The minimum atomic E-state index is 0.178. The number of nitrogens with zero attached hydrogens (tertiary/aromatic N) is 1. The molecule has 0 radical (unpaired) electrons. The number of hydrogen-bond donors (Lipinski definition) is 3. The van der Waals surface area contributed by atoms with Gasteiger partial charge in [-0.05, 0) is 24.1 Å². The Labute approximate surface area is 95.2 Å². The number of H-pyrrole nitrogens is 1. The predicted octanol–water partition coefficient (Wildman–Crippen LogP) is 1.96. The molecule has 1 unspecified atom stereocenters. The monoisotopic (exact) mass is 218 g/mol. The number of hydrogen-bond acceptors (Lipinski definition) is 3. The molecule has 0 amide bonds. The Morgan fingerprint density at radius 2 is 2.25 bits per heavy atom. The number of fused-ring (bicyclic) bond motifs is 1. The fraction of sp³-hybridized carbons (Fsp3) is 0.417. The highest BCUT2D eigenvalue weighted by molar-refractivity contribution is 5.81. The quantitative estimate of drug-likeness (QED) is 0.735. The van der Waals surface area contributed by atoms with Gasteiger partial charge in [0.1, 0.15) is 0 Å². The molecule has 4 N–H and O–H groups in total. The lowest BCUT2D eigenvalue weighted by atomic mass is 10.1. The summed E-state index contributed by atoms with van der Waals surface area (Å²) in [6.07, 6.45) is 1.82. The third kappa shape index (κ3) is 2.33. The van der Waals surface area contributed by atoms with E-state index >= 15 is 0 Å². The van der Waals surface area contributed by atoms with Crippen molar-refractivity contribution >= 4 is 16.6 Å². The maximum atomic E-state index is 5.97. The molecule has 0 fully saturated rings. The lowest BCUT2D eigenvalue weighted by Gasteiger charge is -2.16. The zero-order chi connectivity index (χ0) is 11.5. The van der Waals surface area contributed by atoms with Crippen molar-refractivity contribution in [3.63, 3.8) is 0 Å². The summed E-state index contributed by atoms with van der Waals surface area (Å²) in [5.74, 6) is 0.489. The number of nitrogens with one attached hydrogen (secondary N) is 2. The molecule has 0 saturated carbocycles. The van der Waals surface area contributed by atoms with Crippen LogP contribution >= 0.6 is 0 Å². The first-order valence-electron chi connectivity index (χ1n) is 5.59. The van der Waals surface area contributed by atoms with Crippen LogP contribution in [-0.2, 0) is 0 Å². The fourth-order valence-corrected chi connectivity index (χ4v) is 1.52. The van der Waals surface area contributed by atoms with Crippen LogP contribution in [0.4, 0.5) is 5.69 Å². The molecule has 16 heavy (non-hydrogen) atoms. The van der Waals surface area contributed by atoms with Gasteiger partial charge in [-0.1, -0.05) is 13.8 Å². The van der Waals surface area contributed by atoms with Gasteiger partial charge >= 0.3 is 0 Å². The standard InChI is InChI=1S/C12H18N4/c1-8(2)11(13)7-14-10-4-3-9-6-15-16-12(9)5-10/h3-6,8,11,14H,7,13H2,1-2H3,(H,15,16). The van der Waals surface area contributed by atoms with Crippen LogP contribution in [0.15, 0.2) is 24.4 Å². The fourth-order valence-electron chi connectivity index (χ4n) is 1.52. The van der Waals surface area contributed by atoms with Crippen molar-refractivity contribution in [2.75, 3.05) is 11.9 Å². The van der Waals surface area contributed by atoms with E-state index in [9.17, 15) is 0 Å². The molecule has 0 spiro atoms. The van der Waals surface area contributed by atoms with Crippen LogP contribution in [0.5, 0.6) is 0 Å². The smallest absolute Gasteiger partial charge is 0.0670 e. The van der Waals surface area contributed by atoms with Crippen molar-refractivity contribution in [1.82, 2.24) is 10.2 Å². The normalized spacial score (nSPS) is 13.2. The Kier molecular flexibility index (Phi) is 3.10. The molecule has 1 heterocycles. The molecule has 2 aromatic rings. The van der Waals surface area contributed by atoms with Crippen molar-refractivity contribution in [1.29, 1.82) is 0 Å². The number of anilines is 1. The van der Waals surface area contributed by atoms with E-state index in [0.29, 0.717) is 5.92 Å². The van der Waals surface area contributed by atoms with E-state index in [4.69, 9.17) is 5.73 Å². The third-order valence-electron chi connectivity index (χ3n) is 2.84. The van der Waals surface area contributed by atoms with E-state index in [0.717, 1.165) is 23.1 Å². The topological polar surface area (TPSA) is 66.7 Å². The second-order valence-electron chi connectivity index (χ2n) is 4.46. The number of benzene rings is 1. The Bertz CT molecular complexity index is 461. The maximum Gasteiger partial charge on any atom is 0.0670 e. The van der Waals surface area contributed by atoms with Gasteiger partial charge in [0, 0.05) is 23.7 Å². The highest BCUT2D eigenvalue weighted by Gasteiger charge is 2.06. The summed E-state index contributed by atoms with van der Waals surface area (Å²) in [7, 11) is 0. The first-order valence-corrected chi connectivity index (χ1v) is 5.59.